The molecule has 0 saturated carbocycles. The van der Waals surface area contributed by atoms with Gasteiger partial charge in [0.05, 0.1) is 5.75 Å². The number of rotatable bonds is 13. The van der Waals surface area contributed by atoms with Crippen molar-refractivity contribution in [3.8, 4) is 0 Å². The highest BCUT2D eigenvalue weighted by Gasteiger charge is 2.52. The third-order valence-electron chi connectivity index (χ3n) is 5.41. The molecule has 160 valence electrons. The molecule has 6 nitrogen and oxygen atoms in total. The number of hydrogen-bond acceptors (Lipinski definition) is 4. The van der Waals surface area contributed by atoms with Crippen molar-refractivity contribution in [2.24, 2.45) is 0 Å². The number of aromatic nitrogens is 1. The molecule has 1 amide bonds. The second-order valence-corrected chi connectivity index (χ2v) is 9.76. The highest BCUT2D eigenvalue weighted by molar-refractivity contribution is 7.93. The van der Waals surface area contributed by atoms with Gasteiger partial charge in [0.25, 0.3) is 5.91 Å². The van der Waals surface area contributed by atoms with Crippen LogP contribution in [-0.4, -0.2) is 30.3 Å². The molecule has 0 fully saturated rings. The van der Waals surface area contributed by atoms with E-state index in [4.69, 9.17) is 0 Å². The number of H-pyrrole nitrogens is 1. The number of carbonyl (C=O) groups is 1. The summed E-state index contributed by atoms with van der Waals surface area (Å²) >= 11 is 0. The summed E-state index contributed by atoms with van der Waals surface area (Å²) in [4.78, 5) is 15.7. The van der Waals surface area contributed by atoms with Crippen LogP contribution < -0.4 is 5.48 Å². The number of aryl methyl sites for hydroxylation is 1. The number of nitrogens with one attached hydrogen (secondary N) is 2. The van der Waals surface area contributed by atoms with Crippen LogP contribution in [0.25, 0.3) is 0 Å². The Kier molecular flexibility index (Phi) is 8.92. The molecule has 2 aromatic rings. The third kappa shape index (κ3) is 5.70. The first-order chi connectivity index (χ1) is 14.0. The molecule has 0 radical (unpaired) electrons. The molecule has 29 heavy (non-hydrogen) atoms. The van der Waals surface area contributed by atoms with Gasteiger partial charge in [-0.2, -0.15) is 0 Å². The lowest BCUT2D eigenvalue weighted by atomic mass is 9.94. The first kappa shape index (κ1) is 23.2. The van der Waals surface area contributed by atoms with Gasteiger partial charge in [-0.25, -0.2) is 13.9 Å². The van der Waals surface area contributed by atoms with E-state index in [-0.39, 0.29) is 17.9 Å². The summed E-state index contributed by atoms with van der Waals surface area (Å²) in [5.41, 5.74) is 2.83. The number of hydroxylamine groups is 1. The second-order valence-electron chi connectivity index (χ2n) is 7.42. The first-order valence-electron chi connectivity index (χ1n) is 10.3. The molecule has 1 aromatic carbocycles. The second kappa shape index (κ2) is 11.2. The minimum Gasteiger partial charge on any atom is -0.363 e. The molecule has 0 aliphatic heterocycles. The van der Waals surface area contributed by atoms with Crippen molar-refractivity contribution in [1.82, 2.24) is 10.5 Å². The number of unbranched alkanes of at least 4 members (excludes halogenated alkanes) is 5. The predicted octanol–water partition coefficient (Wildman–Crippen LogP) is 4.12. The summed E-state index contributed by atoms with van der Waals surface area (Å²) in [6.07, 6.45) is 7.67. The standard InChI is InChI=1S/C22H32N2O4S/c1-2-3-4-5-6-10-18-29(27,28)22(21(25)24-26,20-14-11-17-23-20)16-15-19-12-8-7-9-13-19/h7-9,11-14,17,23,26H,2-6,10,15-16,18H2,1H3,(H,24,25). The summed E-state index contributed by atoms with van der Waals surface area (Å²) in [6, 6.07) is 12.7. The number of aromatic amines is 1. The summed E-state index contributed by atoms with van der Waals surface area (Å²) < 4.78 is 25.1. The molecule has 0 aliphatic rings. The number of hydrogen-bond donors (Lipinski definition) is 3. The zero-order valence-electron chi connectivity index (χ0n) is 17.1. The largest absolute Gasteiger partial charge is 0.363 e. The Bertz CT molecular complexity index is 835. The van der Waals surface area contributed by atoms with Crippen molar-refractivity contribution in [1.29, 1.82) is 0 Å². The van der Waals surface area contributed by atoms with E-state index in [0.29, 0.717) is 12.8 Å². The van der Waals surface area contributed by atoms with E-state index in [9.17, 15) is 18.4 Å². The molecule has 7 heteroatoms. The van der Waals surface area contributed by atoms with E-state index < -0.39 is 20.5 Å². The first-order valence-corrected chi connectivity index (χ1v) is 12.0. The summed E-state index contributed by atoms with van der Waals surface area (Å²) in [6.45, 7) is 2.13. The molecule has 2 rings (SSSR count). The Morgan fingerprint density at radius 1 is 1.03 bits per heavy atom. The van der Waals surface area contributed by atoms with Crippen LogP contribution in [0.4, 0.5) is 0 Å². The SMILES string of the molecule is CCCCCCCCS(=O)(=O)C(CCc1ccccc1)(C(=O)NO)c1ccc[nH]1. The van der Waals surface area contributed by atoms with Crippen molar-refractivity contribution in [2.45, 2.75) is 63.0 Å². The van der Waals surface area contributed by atoms with Gasteiger partial charge in [0.15, 0.2) is 14.6 Å². The molecule has 0 bridgehead atoms. The highest BCUT2D eigenvalue weighted by Crippen LogP contribution is 2.36. The molecule has 0 spiro atoms. The fraction of sp³-hybridized carbons (Fsp3) is 0.500. The molecule has 3 N–H and O–H groups in total. The van der Waals surface area contributed by atoms with Gasteiger partial charge in [-0.1, -0.05) is 69.4 Å². The topological polar surface area (TPSA) is 99.3 Å². The molecule has 0 aliphatic carbocycles. The van der Waals surface area contributed by atoms with Crippen molar-refractivity contribution >= 4 is 15.7 Å². The average molecular weight is 421 g/mol. The van der Waals surface area contributed by atoms with E-state index in [2.05, 4.69) is 11.9 Å². The average Bonchev–Trinajstić information content (AvgIpc) is 3.26. The Hall–Kier alpha value is -2.12. The zero-order valence-corrected chi connectivity index (χ0v) is 17.9. The maximum Gasteiger partial charge on any atom is 0.270 e. The molecular formula is C22H32N2O4S. The van der Waals surface area contributed by atoms with Gasteiger partial charge >= 0.3 is 0 Å². The number of benzene rings is 1. The van der Waals surface area contributed by atoms with Crippen molar-refractivity contribution in [2.75, 3.05) is 5.75 Å². The lowest BCUT2D eigenvalue weighted by Crippen LogP contribution is -2.50. The normalized spacial score (nSPS) is 13.7. The Balaban J connectivity index is 2.28. The van der Waals surface area contributed by atoms with E-state index in [1.54, 1.807) is 23.8 Å². The fourth-order valence-electron chi connectivity index (χ4n) is 3.72. The molecule has 1 aromatic heterocycles. The van der Waals surface area contributed by atoms with E-state index in [0.717, 1.165) is 37.7 Å². The van der Waals surface area contributed by atoms with Crippen LogP contribution in [0.1, 0.15) is 63.1 Å². The van der Waals surface area contributed by atoms with Crippen LogP contribution in [0.2, 0.25) is 0 Å². The molecule has 1 heterocycles. The van der Waals surface area contributed by atoms with Gasteiger partial charge in [-0.3, -0.25) is 10.0 Å². The number of carbonyl (C=O) groups excluding carboxylic acids is 1. The van der Waals surface area contributed by atoms with Crippen LogP contribution in [0.15, 0.2) is 48.7 Å². The maximum atomic E-state index is 13.5. The summed E-state index contributed by atoms with van der Waals surface area (Å²) in [7, 11) is -3.88. The van der Waals surface area contributed by atoms with Crippen LogP contribution in [0, 0.1) is 0 Å². The predicted molar refractivity (Wildman–Crippen MR) is 114 cm³/mol. The molecule has 0 saturated heterocycles. The minimum absolute atomic E-state index is 0.0437. The van der Waals surface area contributed by atoms with Gasteiger partial charge in [0.2, 0.25) is 0 Å². The van der Waals surface area contributed by atoms with Crippen LogP contribution in [-0.2, 0) is 25.8 Å². The lowest BCUT2D eigenvalue weighted by molar-refractivity contribution is -0.132. The number of amides is 1. The van der Waals surface area contributed by atoms with Gasteiger partial charge in [-0.05, 0) is 37.0 Å². The van der Waals surface area contributed by atoms with Crippen molar-refractivity contribution in [3.63, 3.8) is 0 Å². The fourth-order valence-corrected chi connectivity index (χ4v) is 5.85. The zero-order chi connectivity index (χ0) is 21.2. The van der Waals surface area contributed by atoms with Crippen LogP contribution in [0.3, 0.4) is 0 Å². The maximum absolute atomic E-state index is 13.5. The number of sulfone groups is 1. The summed E-state index contributed by atoms with van der Waals surface area (Å²) in [5, 5.41) is 9.42. The van der Waals surface area contributed by atoms with Crippen molar-refractivity contribution < 1.29 is 18.4 Å². The van der Waals surface area contributed by atoms with E-state index in [1.807, 2.05) is 30.3 Å². The minimum atomic E-state index is -3.88. The Labute approximate surface area is 173 Å². The van der Waals surface area contributed by atoms with Crippen LogP contribution >= 0.6 is 0 Å². The third-order valence-corrected chi connectivity index (χ3v) is 7.90. The quantitative estimate of drug-likeness (QED) is 0.258. The van der Waals surface area contributed by atoms with E-state index >= 15 is 0 Å². The molecule has 1 unspecified atom stereocenters. The van der Waals surface area contributed by atoms with Gasteiger partial charge in [0, 0.05) is 11.9 Å². The molecular weight excluding hydrogens is 388 g/mol. The lowest BCUT2D eigenvalue weighted by Gasteiger charge is -2.30. The van der Waals surface area contributed by atoms with Gasteiger partial charge in [0.1, 0.15) is 0 Å². The van der Waals surface area contributed by atoms with E-state index in [1.165, 1.54) is 0 Å². The van der Waals surface area contributed by atoms with Gasteiger partial charge in [-0.15, -0.1) is 0 Å². The Morgan fingerprint density at radius 2 is 1.72 bits per heavy atom. The highest BCUT2D eigenvalue weighted by atomic mass is 32.2. The smallest absolute Gasteiger partial charge is 0.270 e. The monoisotopic (exact) mass is 420 g/mol. The molecule has 1 atom stereocenters. The van der Waals surface area contributed by atoms with Crippen molar-refractivity contribution in [3.05, 3.63) is 59.9 Å². The van der Waals surface area contributed by atoms with Gasteiger partial charge < -0.3 is 4.98 Å². The summed E-state index contributed by atoms with van der Waals surface area (Å²) in [5.74, 6) is -1.01. The van der Waals surface area contributed by atoms with Crippen LogP contribution in [0.5, 0.6) is 0 Å². The Morgan fingerprint density at radius 3 is 2.34 bits per heavy atom.